The van der Waals surface area contributed by atoms with Gasteiger partial charge in [0, 0.05) is 18.0 Å². The molecule has 0 unspecified atom stereocenters. The second-order valence-corrected chi connectivity index (χ2v) is 9.18. The van der Waals surface area contributed by atoms with Crippen LogP contribution in [0.4, 0.5) is 0 Å². The Morgan fingerprint density at radius 2 is 2.22 bits per heavy atom. The molecular weight excluding hydrogens is 334 g/mol. The normalized spacial score (nSPS) is 20.4. The Bertz CT molecular complexity index is 796. The van der Waals surface area contributed by atoms with Crippen molar-refractivity contribution < 1.29 is 8.42 Å². The zero-order chi connectivity index (χ0) is 16.6. The highest BCUT2D eigenvalue weighted by molar-refractivity contribution is 7.91. The van der Waals surface area contributed by atoms with Gasteiger partial charge in [0.2, 0.25) is 5.82 Å². The fourth-order valence-corrected chi connectivity index (χ4v) is 5.19. The molecule has 7 nitrogen and oxygen atoms in total. The molecule has 126 valence electrons. The lowest BCUT2D eigenvalue weighted by atomic mass is 10.2. The molecular formula is C14H21N5O2S2. The smallest absolute Gasteiger partial charge is 0.200 e. The van der Waals surface area contributed by atoms with E-state index in [4.69, 9.17) is 0 Å². The molecule has 0 bridgehead atoms. The summed E-state index contributed by atoms with van der Waals surface area (Å²) in [6, 6.07) is 0.0620. The number of hydrogen-bond donors (Lipinski definition) is 0. The molecule has 0 N–H and O–H groups in total. The van der Waals surface area contributed by atoms with Gasteiger partial charge in [0.1, 0.15) is 11.5 Å². The third-order valence-electron chi connectivity index (χ3n) is 4.12. The van der Waals surface area contributed by atoms with Crippen molar-refractivity contribution >= 4 is 21.2 Å². The van der Waals surface area contributed by atoms with Crippen LogP contribution in [-0.2, 0) is 22.9 Å². The lowest BCUT2D eigenvalue weighted by Gasteiger charge is -2.22. The fraction of sp³-hybridized carbons (Fsp3) is 0.643. The quantitative estimate of drug-likeness (QED) is 0.805. The van der Waals surface area contributed by atoms with Crippen molar-refractivity contribution in [1.82, 2.24) is 24.6 Å². The van der Waals surface area contributed by atoms with Gasteiger partial charge < -0.3 is 0 Å². The average Bonchev–Trinajstić information content (AvgIpc) is 3.17. The maximum Gasteiger partial charge on any atom is 0.200 e. The first-order valence-corrected chi connectivity index (χ1v) is 10.3. The summed E-state index contributed by atoms with van der Waals surface area (Å²) in [7, 11) is -0.925. The third kappa shape index (κ3) is 3.61. The van der Waals surface area contributed by atoms with E-state index >= 15 is 0 Å². The summed E-state index contributed by atoms with van der Waals surface area (Å²) in [5.74, 6) is 2.01. The summed E-state index contributed by atoms with van der Waals surface area (Å²) >= 11 is 1.58. The lowest BCUT2D eigenvalue weighted by Crippen LogP contribution is -2.33. The number of aromatic nitrogens is 4. The summed E-state index contributed by atoms with van der Waals surface area (Å²) in [4.78, 5) is 11.1. The first-order valence-electron chi connectivity index (χ1n) is 7.65. The summed E-state index contributed by atoms with van der Waals surface area (Å²) < 4.78 is 25.2. The minimum Gasteiger partial charge on any atom is -0.295 e. The van der Waals surface area contributed by atoms with Gasteiger partial charge in [-0.1, -0.05) is 0 Å². The van der Waals surface area contributed by atoms with Gasteiger partial charge in [0.25, 0.3) is 0 Å². The molecule has 0 aromatic carbocycles. The van der Waals surface area contributed by atoms with Gasteiger partial charge in [0.15, 0.2) is 9.84 Å². The van der Waals surface area contributed by atoms with Crippen molar-refractivity contribution in [3.05, 3.63) is 16.2 Å². The van der Waals surface area contributed by atoms with E-state index in [1.54, 1.807) is 11.3 Å². The Hall–Kier alpha value is -1.32. The van der Waals surface area contributed by atoms with Gasteiger partial charge in [-0.05, 0) is 27.3 Å². The van der Waals surface area contributed by atoms with Crippen LogP contribution in [0.2, 0.25) is 0 Å². The van der Waals surface area contributed by atoms with E-state index < -0.39 is 9.84 Å². The number of sulfone groups is 1. The van der Waals surface area contributed by atoms with Gasteiger partial charge in [-0.3, -0.25) is 4.90 Å². The summed E-state index contributed by atoms with van der Waals surface area (Å²) in [6.07, 6.45) is 0.692. The second kappa shape index (κ2) is 6.29. The van der Waals surface area contributed by atoms with Crippen LogP contribution in [0.5, 0.6) is 0 Å². The number of nitrogens with zero attached hydrogens (tertiary/aromatic N) is 5. The predicted molar refractivity (Wildman–Crippen MR) is 90.1 cm³/mol. The Balaban J connectivity index is 1.78. The van der Waals surface area contributed by atoms with Crippen LogP contribution in [0.25, 0.3) is 11.5 Å². The van der Waals surface area contributed by atoms with E-state index in [1.165, 1.54) is 0 Å². The fourth-order valence-electron chi connectivity index (χ4n) is 2.79. The Kier molecular flexibility index (Phi) is 4.52. The number of rotatable bonds is 5. The summed E-state index contributed by atoms with van der Waals surface area (Å²) in [5, 5.41) is 7.47. The molecule has 1 aliphatic rings. The van der Waals surface area contributed by atoms with E-state index in [2.05, 4.69) is 20.0 Å². The van der Waals surface area contributed by atoms with Gasteiger partial charge >= 0.3 is 0 Å². The van der Waals surface area contributed by atoms with E-state index in [9.17, 15) is 8.42 Å². The predicted octanol–water partition coefficient (Wildman–Crippen LogP) is 1.35. The van der Waals surface area contributed by atoms with Gasteiger partial charge in [-0.15, -0.1) is 16.4 Å². The second-order valence-electron chi connectivity index (χ2n) is 5.89. The minimum absolute atomic E-state index is 0.0620. The van der Waals surface area contributed by atoms with Crippen LogP contribution in [0.15, 0.2) is 5.38 Å². The molecule has 0 aliphatic carbocycles. The number of hydrogen-bond acceptors (Lipinski definition) is 7. The minimum atomic E-state index is -2.88. The molecule has 23 heavy (non-hydrogen) atoms. The molecule has 2 aromatic heterocycles. The Morgan fingerprint density at radius 3 is 2.78 bits per heavy atom. The van der Waals surface area contributed by atoms with Crippen LogP contribution >= 0.6 is 11.3 Å². The molecule has 1 aliphatic heterocycles. The highest BCUT2D eigenvalue weighted by atomic mass is 32.2. The standard InChI is InChI=1S/C14H21N5O2S2/c1-4-19-13(7-18(3)11-5-6-23(20,21)9-11)16-14(17-19)12-8-22-10(2)15-12/h8,11H,4-7,9H2,1-3H3/t11-/m1/s1. The highest BCUT2D eigenvalue weighted by Crippen LogP contribution is 2.21. The highest BCUT2D eigenvalue weighted by Gasteiger charge is 2.31. The average molecular weight is 355 g/mol. The van der Waals surface area contributed by atoms with Crippen molar-refractivity contribution in [3.63, 3.8) is 0 Å². The first kappa shape index (κ1) is 16.5. The van der Waals surface area contributed by atoms with Crippen LogP contribution in [0.3, 0.4) is 0 Å². The van der Waals surface area contributed by atoms with Gasteiger partial charge in [-0.25, -0.2) is 23.1 Å². The molecule has 1 saturated heterocycles. The molecule has 0 spiro atoms. The zero-order valence-electron chi connectivity index (χ0n) is 13.6. The van der Waals surface area contributed by atoms with Crippen LogP contribution in [0, 0.1) is 6.92 Å². The Morgan fingerprint density at radius 1 is 1.43 bits per heavy atom. The van der Waals surface area contributed by atoms with E-state index in [0.29, 0.717) is 18.8 Å². The largest absolute Gasteiger partial charge is 0.295 e. The maximum atomic E-state index is 11.6. The zero-order valence-corrected chi connectivity index (χ0v) is 15.2. The van der Waals surface area contributed by atoms with Crippen LogP contribution in [-0.4, -0.2) is 57.7 Å². The van der Waals surface area contributed by atoms with E-state index in [0.717, 1.165) is 23.1 Å². The summed E-state index contributed by atoms with van der Waals surface area (Å²) in [5.41, 5.74) is 0.798. The van der Waals surface area contributed by atoms with Crippen molar-refractivity contribution in [3.8, 4) is 11.5 Å². The molecule has 0 saturated carbocycles. The first-order chi connectivity index (χ1) is 10.9. The number of thiazole rings is 1. The molecule has 0 radical (unpaired) electrons. The third-order valence-corrected chi connectivity index (χ3v) is 6.64. The van der Waals surface area contributed by atoms with Crippen LogP contribution < -0.4 is 0 Å². The van der Waals surface area contributed by atoms with Crippen molar-refractivity contribution in [2.75, 3.05) is 18.6 Å². The molecule has 9 heteroatoms. The van der Waals surface area contributed by atoms with Crippen molar-refractivity contribution in [2.24, 2.45) is 0 Å². The molecule has 3 rings (SSSR count). The molecule has 1 fully saturated rings. The molecule has 3 heterocycles. The van der Waals surface area contributed by atoms with E-state index in [1.807, 2.05) is 31.0 Å². The van der Waals surface area contributed by atoms with Gasteiger partial charge in [-0.2, -0.15) is 0 Å². The number of aryl methyl sites for hydroxylation is 2. The Labute approximate surface area is 140 Å². The monoisotopic (exact) mass is 355 g/mol. The van der Waals surface area contributed by atoms with Gasteiger partial charge in [0.05, 0.1) is 23.1 Å². The molecule has 1 atom stereocenters. The molecule has 0 amide bonds. The lowest BCUT2D eigenvalue weighted by molar-refractivity contribution is 0.243. The maximum absolute atomic E-state index is 11.6. The van der Waals surface area contributed by atoms with Crippen molar-refractivity contribution in [2.45, 2.75) is 39.4 Å². The summed E-state index contributed by atoms with van der Waals surface area (Å²) in [6.45, 7) is 5.29. The van der Waals surface area contributed by atoms with Crippen molar-refractivity contribution in [1.29, 1.82) is 0 Å². The van der Waals surface area contributed by atoms with E-state index in [-0.39, 0.29) is 17.5 Å². The molecule has 2 aromatic rings. The topological polar surface area (TPSA) is 81.0 Å². The van der Waals surface area contributed by atoms with Crippen LogP contribution in [0.1, 0.15) is 24.2 Å². The SMILES string of the molecule is CCn1nc(-c2csc(C)n2)nc1CN(C)[C@@H]1CCS(=O)(=O)C1.